The number of amides is 1. The fourth-order valence-corrected chi connectivity index (χ4v) is 5.04. The van der Waals surface area contributed by atoms with Crippen molar-refractivity contribution in [2.45, 2.75) is 33.2 Å². The summed E-state index contributed by atoms with van der Waals surface area (Å²) >= 11 is 6.10. The van der Waals surface area contributed by atoms with E-state index in [0.29, 0.717) is 58.5 Å². The van der Waals surface area contributed by atoms with Crippen LogP contribution in [-0.2, 0) is 0 Å². The molecule has 1 saturated heterocycles. The molecule has 4 aromatic rings. The quantitative estimate of drug-likeness (QED) is 0.346. The van der Waals surface area contributed by atoms with E-state index in [-0.39, 0.29) is 17.5 Å². The second kappa shape index (κ2) is 9.90. The minimum Gasteiger partial charge on any atom is -0.478 e. The van der Waals surface area contributed by atoms with Gasteiger partial charge >= 0.3 is 5.97 Å². The van der Waals surface area contributed by atoms with Gasteiger partial charge in [0.25, 0.3) is 11.9 Å². The molecule has 0 bridgehead atoms. The molecule has 1 atom stereocenters. The first kappa shape index (κ1) is 24.8. The van der Waals surface area contributed by atoms with Gasteiger partial charge in [0.15, 0.2) is 5.58 Å². The predicted octanol–water partition coefficient (Wildman–Crippen LogP) is 6.20. The average molecular weight is 518 g/mol. The summed E-state index contributed by atoms with van der Waals surface area (Å²) in [5.41, 5.74) is 5.00. The smallest absolute Gasteiger partial charge is 0.336 e. The Balaban J connectivity index is 1.46. The molecular formula is C29H28ClN3O4. The summed E-state index contributed by atoms with van der Waals surface area (Å²) in [6.45, 7) is 7.55. The van der Waals surface area contributed by atoms with Gasteiger partial charge in [-0.3, -0.25) is 4.79 Å². The van der Waals surface area contributed by atoms with E-state index >= 15 is 0 Å². The first-order chi connectivity index (χ1) is 17.7. The lowest BCUT2D eigenvalue weighted by molar-refractivity contribution is 0.0689. The molecule has 0 unspecified atom stereocenters. The highest BCUT2D eigenvalue weighted by molar-refractivity contribution is 6.31. The van der Waals surface area contributed by atoms with Crippen molar-refractivity contribution < 1.29 is 19.1 Å². The number of anilines is 1. The maximum Gasteiger partial charge on any atom is 0.336 e. The van der Waals surface area contributed by atoms with Crippen molar-refractivity contribution >= 4 is 40.6 Å². The van der Waals surface area contributed by atoms with Crippen molar-refractivity contribution in [2.24, 2.45) is 0 Å². The zero-order chi connectivity index (χ0) is 26.3. The monoisotopic (exact) mass is 517 g/mol. The second-order valence-corrected chi connectivity index (χ2v) is 10.1. The first-order valence-electron chi connectivity index (χ1n) is 12.3. The summed E-state index contributed by atoms with van der Waals surface area (Å²) in [6, 6.07) is 16.7. The molecule has 5 rings (SSSR count). The molecule has 0 radical (unpaired) electrons. The molecule has 1 aliphatic heterocycles. The third-order valence-electron chi connectivity index (χ3n) is 6.93. The number of oxazole rings is 1. The zero-order valence-electron chi connectivity index (χ0n) is 21.0. The molecule has 1 aromatic heterocycles. The van der Waals surface area contributed by atoms with E-state index in [4.69, 9.17) is 16.0 Å². The van der Waals surface area contributed by atoms with Gasteiger partial charge in [-0.25, -0.2) is 4.79 Å². The summed E-state index contributed by atoms with van der Waals surface area (Å²) in [4.78, 5) is 34.5. The summed E-state index contributed by atoms with van der Waals surface area (Å²) in [7, 11) is 0. The van der Waals surface area contributed by atoms with Gasteiger partial charge in [-0.1, -0.05) is 47.0 Å². The summed E-state index contributed by atoms with van der Waals surface area (Å²) in [6.07, 6.45) is 0.733. The number of aromatic nitrogens is 1. The van der Waals surface area contributed by atoms with Gasteiger partial charge in [0.2, 0.25) is 0 Å². The van der Waals surface area contributed by atoms with Crippen LogP contribution in [-0.4, -0.2) is 52.5 Å². The minimum absolute atomic E-state index is 0.0263. The molecule has 1 fully saturated rings. The number of carboxylic acids is 1. The lowest BCUT2D eigenvalue weighted by Crippen LogP contribution is -2.40. The highest BCUT2D eigenvalue weighted by atomic mass is 35.5. The van der Waals surface area contributed by atoms with Crippen molar-refractivity contribution in [2.75, 3.05) is 24.5 Å². The van der Waals surface area contributed by atoms with Crippen LogP contribution in [0.4, 0.5) is 6.01 Å². The zero-order valence-corrected chi connectivity index (χ0v) is 21.7. The Morgan fingerprint density at radius 2 is 1.62 bits per heavy atom. The van der Waals surface area contributed by atoms with Crippen molar-refractivity contribution in [1.82, 2.24) is 9.88 Å². The Kier molecular flexibility index (Phi) is 6.65. The van der Waals surface area contributed by atoms with Crippen molar-refractivity contribution in [3.8, 4) is 11.1 Å². The number of hydrogen-bond donors (Lipinski definition) is 1. The third-order valence-corrected chi connectivity index (χ3v) is 7.17. The van der Waals surface area contributed by atoms with Crippen LogP contribution in [0.15, 0.2) is 59.0 Å². The number of nitrogens with zero attached hydrogens (tertiary/aromatic N) is 3. The fourth-order valence-electron chi connectivity index (χ4n) is 4.87. The largest absolute Gasteiger partial charge is 0.478 e. The predicted molar refractivity (Wildman–Crippen MR) is 145 cm³/mol. The highest BCUT2D eigenvalue weighted by Gasteiger charge is 2.29. The molecule has 1 aliphatic rings. The molecule has 0 aliphatic carbocycles. The van der Waals surface area contributed by atoms with Gasteiger partial charge in [-0.2, -0.15) is 4.98 Å². The van der Waals surface area contributed by atoms with Crippen molar-refractivity contribution in [3.05, 3.63) is 81.9 Å². The van der Waals surface area contributed by atoms with E-state index in [2.05, 4.69) is 9.88 Å². The first-order valence-corrected chi connectivity index (χ1v) is 12.7. The van der Waals surface area contributed by atoms with E-state index in [1.165, 1.54) is 0 Å². The lowest BCUT2D eigenvalue weighted by Gasteiger charge is -2.28. The minimum atomic E-state index is -1.02. The molecule has 8 heteroatoms. The number of carbonyl (C=O) groups is 2. The average Bonchev–Trinajstić information content (AvgIpc) is 3.18. The number of carbonyl (C=O) groups excluding carboxylic acids is 1. The molecule has 0 spiro atoms. The number of carboxylic acid groups (broad SMARTS) is 1. The second-order valence-electron chi connectivity index (χ2n) is 9.64. The van der Waals surface area contributed by atoms with Gasteiger partial charge < -0.3 is 19.3 Å². The standard InChI is InChI=1S/C29H28ClN3O4/c1-17-4-7-21(22-8-5-18(2)15-24(22)28(35)36)23(14-17)27(34)33-13-12-32(11-10-19(33)3)29-31-25-16-20(30)6-9-26(25)37-29/h4-9,14-16,19H,10-13H2,1-3H3,(H,35,36)/t19-/m1/s1. The number of aryl methyl sites for hydroxylation is 2. The molecule has 3 aromatic carbocycles. The molecule has 7 nitrogen and oxygen atoms in total. The lowest BCUT2D eigenvalue weighted by atomic mass is 9.92. The van der Waals surface area contributed by atoms with Crippen LogP contribution < -0.4 is 4.90 Å². The van der Waals surface area contributed by atoms with Crippen LogP contribution >= 0.6 is 11.6 Å². The molecule has 1 amide bonds. The molecule has 1 N–H and O–H groups in total. The van der Waals surface area contributed by atoms with Gasteiger partial charge in [-0.15, -0.1) is 0 Å². The number of hydrogen-bond acceptors (Lipinski definition) is 5. The molecule has 37 heavy (non-hydrogen) atoms. The Hall–Kier alpha value is -3.84. The Morgan fingerprint density at radius 1 is 0.946 bits per heavy atom. The number of aromatic carboxylic acids is 1. The van der Waals surface area contributed by atoms with E-state index in [0.717, 1.165) is 17.5 Å². The number of halogens is 1. The topological polar surface area (TPSA) is 86.9 Å². The van der Waals surface area contributed by atoms with E-state index < -0.39 is 5.97 Å². The molecule has 190 valence electrons. The van der Waals surface area contributed by atoms with Crippen LogP contribution in [0.25, 0.3) is 22.2 Å². The molecule has 0 saturated carbocycles. The summed E-state index contributed by atoms with van der Waals surface area (Å²) in [5, 5.41) is 10.4. The number of rotatable bonds is 4. The van der Waals surface area contributed by atoms with E-state index in [1.807, 2.05) is 49.9 Å². The number of fused-ring (bicyclic) bond motifs is 1. The van der Waals surface area contributed by atoms with Crippen LogP contribution in [0.3, 0.4) is 0 Å². The van der Waals surface area contributed by atoms with Crippen LogP contribution in [0.1, 0.15) is 45.2 Å². The fraction of sp³-hybridized carbons (Fsp3) is 0.276. The summed E-state index contributed by atoms with van der Waals surface area (Å²) < 4.78 is 5.97. The SMILES string of the molecule is Cc1ccc(-c2ccc(C)cc2C(=O)N2CCN(c3nc4cc(Cl)ccc4o3)CC[C@H]2C)c(C(=O)O)c1. The maximum absolute atomic E-state index is 14.0. The molecular weight excluding hydrogens is 490 g/mol. The van der Waals surface area contributed by atoms with Crippen LogP contribution in [0.5, 0.6) is 0 Å². The Bertz CT molecular complexity index is 1510. The molecule has 2 heterocycles. The van der Waals surface area contributed by atoms with Gasteiger partial charge in [0.1, 0.15) is 5.52 Å². The summed E-state index contributed by atoms with van der Waals surface area (Å²) in [5.74, 6) is -1.13. The van der Waals surface area contributed by atoms with Crippen molar-refractivity contribution in [3.63, 3.8) is 0 Å². The van der Waals surface area contributed by atoms with Gasteiger partial charge in [0.05, 0.1) is 5.56 Å². The van der Waals surface area contributed by atoms with Crippen molar-refractivity contribution in [1.29, 1.82) is 0 Å². The van der Waals surface area contributed by atoms with Gasteiger partial charge in [0, 0.05) is 36.3 Å². The maximum atomic E-state index is 14.0. The highest BCUT2D eigenvalue weighted by Crippen LogP contribution is 2.31. The van der Waals surface area contributed by atoms with Gasteiger partial charge in [-0.05, 0) is 68.7 Å². The van der Waals surface area contributed by atoms with E-state index in [9.17, 15) is 14.7 Å². The normalized spacial score (nSPS) is 16.2. The number of benzene rings is 3. The Labute approximate surface area is 220 Å². The Morgan fingerprint density at radius 3 is 2.32 bits per heavy atom. The third kappa shape index (κ3) is 4.91. The van der Waals surface area contributed by atoms with Crippen LogP contribution in [0.2, 0.25) is 5.02 Å². The van der Waals surface area contributed by atoms with E-state index in [1.54, 1.807) is 30.3 Å². The van der Waals surface area contributed by atoms with Crippen LogP contribution in [0, 0.1) is 13.8 Å².